The summed E-state index contributed by atoms with van der Waals surface area (Å²) in [5, 5.41) is 4.73. The van der Waals surface area contributed by atoms with Gasteiger partial charge in [0, 0.05) is 23.8 Å². The van der Waals surface area contributed by atoms with Gasteiger partial charge >= 0.3 is 0 Å². The highest BCUT2D eigenvalue weighted by atomic mass is 32.1. The molecule has 24 heavy (non-hydrogen) atoms. The Morgan fingerprint density at radius 1 is 1.17 bits per heavy atom. The number of benzene rings is 1. The molecular formula is C19H22N2O2S. The second-order valence-electron chi connectivity index (χ2n) is 6.04. The fraction of sp³-hybridized carbons (Fsp3) is 0.368. The average Bonchev–Trinajstić information content (AvgIpc) is 3.30. The lowest BCUT2D eigenvalue weighted by atomic mass is 10.1. The minimum absolute atomic E-state index is 0.0838. The second-order valence-corrected chi connectivity index (χ2v) is 6.99. The number of thiophene rings is 1. The molecule has 2 amide bonds. The number of anilines is 1. The first kappa shape index (κ1) is 16.7. The van der Waals surface area contributed by atoms with E-state index in [4.69, 9.17) is 0 Å². The van der Waals surface area contributed by atoms with Crippen molar-refractivity contribution >= 4 is 28.8 Å². The van der Waals surface area contributed by atoms with Gasteiger partial charge in [-0.2, -0.15) is 0 Å². The van der Waals surface area contributed by atoms with Gasteiger partial charge in [-0.15, -0.1) is 11.3 Å². The van der Waals surface area contributed by atoms with Crippen molar-refractivity contribution in [1.82, 2.24) is 4.90 Å². The Balaban J connectivity index is 1.67. The molecule has 0 atom stereocenters. The standard InChI is InChI=1S/C19H22N2O2S/c1-2-21(16-6-3-4-7-16)19(23)14-9-11-15(12-10-14)20-18(22)17-8-5-13-24-17/h5,8-13,16H,2-4,6-7H2,1H3,(H,20,22). The Kier molecular flexibility index (Phi) is 5.30. The number of nitrogens with zero attached hydrogens (tertiary/aromatic N) is 1. The lowest BCUT2D eigenvalue weighted by molar-refractivity contribution is 0.0693. The SMILES string of the molecule is CCN(C(=O)c1ccc(NC(=O)c2cccs2)cc1)C1CCCC1. The van der Waals surface area contributed by atoms with Gasteiger partial charge in [-0.25, -0.2) is 0 Å². The van der Waals surface area contributed by atoms with Crippen LogP contribution in [0, 0.1) is 0 Å². The largest absolute Gasteiger partial charge is 0.336 e. The molecule has 5 heteroatoms. The Morgan fingerprint density at radius 3 is 2.46 bits per heavy atom. The smallest absolute Gasteiger partial charge is 0.265 e. The van der Waals surface area contributed by atoms with E-state index in [9.17, 15) is 9.59 Å². The highest BCUT2D eigenvalue weighted by Gasteiger charge is 2.26. The summed E-state index contributed by atoms with van der Waals surface area (Å²) in [7, 11) is 0. The summed E-state index contributed by atoms with van der Waals surface area (Å²) in [5.74, 6) is -0.0363. The molecule has 0 unspecified atom stereocenters. The number of hydrogen-bond acceptors (Lipinski definition) is 3. The highest BCUT2D eigenvalue weighted by Crippen LogP contribution is 2.25. The van der Waals surface area contributed by atoms with Gasteiger partial charge < -0.3 is 10.2 Å². The first-order chi connectivity index (χ1) is 11.7. The van der Waals surface area contributed by atoms with E-state index in [-0.39, 0.29) is 11.8 Å². The first-order valence-electron chi connectivity index (χ1n) is 8.45. The summed E-state index contributed by atoms with van der Waals surface area (Å²) >= 11 is 1.41. The molecule has 0 radical (unpaired) electrons. The molecule has 4 nitrogen and oxygen atoms in total. The van der Waals surface area contributed by atoms with Gasteiger partial charge in [0.25, 0.3) is 11.8 Å². The van der Waals surface area contributed by atoms with Crippen LogP contribution in [-0.2, 0) is 0 Å². The molecule has 1 aliphatic rings. The zero-order valence-electron chi connectivity index (χ0n) is 13.8. The van der Waals surface area contributed by atoms with Gasteiger partial charge in [0.1, 0.15) is 0 Å². The summed E-state index contributed by atoms with van der Waals surface area (Å²) < 4.78 is 0. The van der Waals surface area contributed by atoms with Crippen LogP contribution in [0.4, 0.5) is 5.69 Å². The topological polar surface area (TPSA) is 49.4 Å². The minimum Gasteiger partial charge on any atom is -0.336 e. The summed E-state index contributed by atoms with van der Waals surface area (Å²) in [6.07, 6.45) is 4.63. The molecule has 1 N–H and O–H groups in total. The van der Waals surface area contributed by atoms with Crippen LogP contribution in [0.3, 0.4) is 0 Å². The normalized spacial score (nSPS) is 14.5. The molecule has 1 saturated carbocycles. The average molecular weight is 342 g/mol. The van der Waals surface area contributed by atoms with E-state index in [1.54, 1.807) is 30.3 Å². The van der Waals surface area contributed by atoms with Gasteiger partial charge in [-0.3, -0.25) is 9.59 Å². The van der Waals surface area contributed by atoms with Crippen molar-refractivity contribution in [3.63, 3.8) is 0 Å². The Labute approximate surface area is 146 Å². The highest BCUT2D eigenvalue weighted by molar-refractivity contribution is 7.12. The van der Waals surface area contributed by atoms with Gasteiger partial charge in [-0.05, 0) is 55.5 Å². The maximum atomic E-state index is 12.7. The predicted octanol–water partition coefficient (Wildman–Crippen LogP) is 4.41. The van der Waals surface area contributed by atoms with Crippen LogP contribution >= 0.6 is 11.3 Å². The number of carbonyl (C=O) groups excluding carboxylic acids is 2. The van der Waals surface area contributed by atoms with Crippen LogP contribution in [0.1, 0.15) is 52.6 Å². The quantitative estimate of drug-likeness (QED) is 0.875. The van der Waals surface area contributed by atoms with Crippen molar-refractivity contribution in [2.75, 3.05) is 11.9 Å². The van der Waals surface area contributed by atoms with Crippen LogP contribution in [0.25, 0.3) is 0 Å². The lowest BCUT2D eigenvalue weighted by Gasteiger charge is -2.27. The van der Waals surface area contributed by atoms with Crippen LogP contribution in [0.15, 0.2) is 41.8 Å². The van der Waals surface area contributed by atoms with E-state index in [1.165, 1.54) is 24.2 Å². The fourth-order valence-electron chi connectivity index (χ4n) is 3.25. The Bertz CT molecular complexity index is 689. The van der Waals surface area contributed by atoms with Gasteiger partial charge in [0.15, 0.2) is 0 Å². The van der Waals surface area contributed by atoms with E-state index in [0.29, 0.717) is 22.2 Å². The molecular weight excluding hydrogens is 320 g/mol. The van der Waals surface area contributed by atoms with Crippen molar-refractivity contribution in [2.24, 2.45) is 0 Å². The molecule has 0 bridgehead atoms. The van der Waals surface area contributed by atoms with E-state index in [0.717, 1.165) is 19.4 Å². The number of nitrogens with one attached hydrogen (secondary N) is 1. The van der Waals surface area contributed by atoms with Crippen LogP contribution in [-0.4, -0.2) is 29.3 Å². The molecule has 1 aromatic heterocycles. The molecule has 0 aliphatic heterocycles. The fourth-order valence-corrected chi connectivity index (χ4v) is 3.86. The Hall–Kier alpha value is -2.14. The zero-order chi connectivity index (χ0) is 16.9. The maximum Gasteiger partial charge on any atom is 0.265 e. The number of hydrogen-bond donors (Lipinski definition) is 1. The summed E-state index contributed by atoms with van der Waals surface area (Å²) in [4.78, 5) is 27.4. The minimum atomic E-state index is -0.120. The zero-order valence-corrected chi connectivity index (χ0v) is 14.6. The third-order valence-electron chi connectivity index (χ3n) is 4.50. The van der Waals surface area contributed by atoms with Crippen molar-refractivity contribution in [3.8, 4) is 0 Å². The number of amides is 2. The Morgan fingerprint density at radius 2 is 1.88 bits per heavy atom. The van der Waals surface area contributed by atoms with E-state index >= 15 is 0 Å². The molecule has 1 aliphatic carbocycles. The van der Waals surface area contributed by atoms with Crippen LogP contribution in [0.2, 0.25) is 0 Å². The molecule has 0 spiro atoms. The van der Waals surface area contributed by atoms with E-state index in [1.807, 2.05) is 23.3 Å². The van der Waals surface area contributed by atoms with Crippen LogP contribution in [0.5, 0.6) is 0 Å². The number of carbonyl (C=O) groups is 2. The lowest BCUT2D eigenvalue weighted by Crippen LogP contribution is -2.38. The van der Waals surface area contributed by atoms with E-state index in [2.05, 4.69) is 5.32 Å². The van der Waals surface area contributed by atoms with Gasteiger partial charge in [0.2, 0.25) is 0 Å². The third-order valence-corrected chi connectivity index (χ3v) is 5.37. The predicted molar refractivity (Wildman–Crippen MR) is 97.7 cm³/mol. The molecule has 1 heterocycles. The molecule has 3 rings (SSSR count). The summed E-state index contributed by atoms with van der Waals surface area (Å²) in [6.45, 7) is 2.77. The maximum absolute atomic E-state index is 12.7. The first-order valence-corrected chi connectivity index (χ1v) is 9.33. The van der Waals surface area contributed by atoms with Crippen molar-refractivity contribution in [3.05, 3.63) is 52.2 Å². The number of rotatable bonds is 5. The molecule has 1 fully saturated rings. The molecule has 0 saturated heterocycles. The molecule has 2 aromatic rings. The van der Waals surface area contributed by atoms with Crippen molar-refractivity contribution in [2.45, 2.75) is 38.6 Å². The summed E-state index contributed by atoms with van der Waals surface area (Å²) in [6, 6.07) is 11.2. The monoisotopic (exact) mass is 342 g/mol. The summed E-state index contributed by atoms with van der Waals surface area (Å²) in [5.41, 5.74) is 1.38. The van der Waals surface area contributed by atoms with Crippen molar-refractivity contribution in [1.29, 1.82) is 0 Å². The van der Waals surface area contributed by atoms with Crippen molar-refractivity contribution < 1.29 is 9.59 Å². The van der Waals surface area contributed by atoms with Gasteiger partial charge in [0.05, 0.1) is 4.88 Å². The second kappa shape index (κ2) is 7.62. The molecule has 126 valence electrons. The molecule has 1 aromatic carbocycles. The van der Waals surface area contributed by atoms with Crippen LogP contribution < -0.4 is 5.32 Å². The van der Waals surface area contributed by atoms with Gasteiger partial charge in [-0.1, -0.05) is 18.9 Å². The third kappa shape index (κ3) is 3.67. The van der Waals surface area contributed by atoms with E-state index < -0.39 is 0 Å².